The number of nitrogen functional groups attached to an aromatic ring is 1. The highest BCUT2D eigenvalue weighted by molar-refractivity contribution is 5.42. The second kappa shape index (κ2) is 5.31. The summed E-state index contributed by atoms with van der Waals surface area (Å²) in [5, 5.41) is 0. The van der Waals surface area contributed by atoms with Gasteiger partial charge in [-0.25, -0.2) is 4.98 Å². The average Bonchev–Trinajstić information content (AvgIpc) is 2.77. The fourth-order valence-corrected chi connectivity index (χ4v) is 2.18. The first kappa shape index (κ1) is 12.1. The van der Waals surface area contributed by atoms with E-state index in [9.17, 15) is 0 Å². The van der Waals surface area contributed by atoms with Crippen LogP contribution in [-0.4, -0.2) is 48.1 Å². The molecule has 0 unspecified atom stereocenters. The van der Waals surface area contributed by atoms with Crippen molar-refractivity contribution in [2.45, 2.75) is 19.8 Å². The van der Waals surface area contributed by atoms with Crippen LogP contribution >= 0.6 is 0 Å². The van der Waals surface area contributed by atoms with Crippen molar-refractivity contribution in [3.8, 4) is 0 Å². The van der Waals surface area contributed by atoms with Gasteiger partial charge >= 0.3 is 0 Å². The Bertz CT molecular complexity index is 353. The molecule has 0 aromatic carbocycles. The van der Waals surface area contributed by atoms with Crippen molar-refractivity contribution >= 4 is 11.8 Å². The molecule has 0 radical (unpaired) electrons. The SMILES string of the molecule is Cc1cc(N(C)CCN2CCCC2)nc(N)n1. The molecule has 0 spiro atoms. The molecule has 1 saturated heterocycles. The molecule has 94 valence electrons. The van der Waals surface area contributed by atoms with Crippen molar-refractivity contribution < 1.29 is 0 Å². The molecule has 1 aromatic rings. The van der Waals surface area contributed by atoms with Gasteiger partial charge in [0.25, 0.3) is 0 Å². The Labute approximate surface area is 103 Å². The minimum absolute atomic E-state index is 0.355. The summed E-state index contributed by atoms with van der Waals surface area (Å²) in [7, 11) is 2.05. The Kier molecular flexibility index (Phi) is 3.78. The zero-order chi connectivity index (χ0) is 12.3. The van der Waals surface area contributed by atoms with Gasteiger partial charge in [-0.3, -0.25) is 0 Å². The quantitative estimate of drug-likeness (QED) is 0.840. The second-order valence-corrected chi connectivity index (χ2v) is 4.70. The van der Waals surface area contributed by atoms with Gasteiger partial charge in [-0.1, -0.05) is 0 Å². The fraction of sp³-hybridized carbons (Fsp3) is 0.667. The van der Waals surface area contributed by atoms with Gasteiger partial charge < -0.3 is 15.5 Å². The van der Waals surface area contributed by atoms with Crippen LogP contribution in [0.5, 0.6) is 0 Å². The van der Waals surface area contributed by atoms with Gasteiger partial charge in [0.05, 0.1) is 0 Å². The number of nitrogens with two attached hydrogens (primary N) is 1. The lowest BCUT2D eigenvalue weighted by Gasteiger charge is -2.22. The fourth-order valence-electron chi connectivity index (χ4n) is 2.18. The third-order valence-corrected chi connectivity index (χ3v) is 3.20. The van der Waals surface area contributed by atoms with Crippen LogP contribution in [0.3, 0.4) is 0 Å². The smallest absolute Gasteiger partial charge is 0.222 e. The van der Waals surface area contributed by atoms with E-state index in [1.807, 2.05) is 13.0 Å². The number of aromatic nitrogens is 2. The molecule has 5 heteroatoms. The van der Waals surface area contributed by atoms with Crippen LogP contribution in [0.25, 0.3) is 0 Å². The third-order valence-electron chi connectivity index (χ3n) is 3.20. The van der Waals surface area contributed by atoms with Crippen LogP contribution in [0.15, 0.2) is 6.07 Å². The van der Waals surface area contributed by atoms with Crippen LogP contribution in [0.4, 0.5) is 11.8 Å². The van der Waals surface area contributed by atoms with Crippen molar-refractivity contribution in [1.82, 2.24) is 14.9 Å². The number of aryl methyl sites for hydroxylation is 1. The monoisotopic (exact) mass is 235 g/mol. The largest absolute Gasteiger partial charge is 0.368 e. The lowest BCUT2D eigenvalue weighted by atomic mass is 10.4. The minimum Gasteiger partial charge on any atom is -0.368 e. The highest BCUT2D eigenvalue weighted by Gasteiger charge is 2.12. The van der Waals surface area contributed by atoms with Gasteiger partial charge in [0, 0.05) is 31.9 Å². The Morgan fingerprint density at radius 3 is 2.71 bits per heavy atom. The molecule has 17 heavy (non-hydrogen) atoms. The molecule has 2 rings (SSSR count). The Hall–Kier alpha value is -1.36. The number of hydrogen-bond donors (Lipinski definition) is 1. The van der Waals surface area contributed by atoms with Gasteiger partial charge in [-0.2, -0.15) is 4.98 Å². The minimum atomic E-state index is 0.355. The summed E-state index contributed by atoms with van der Waals surface area (Å²) >= 11 is 0. The molecule has 1 aromatic heterocycles. The van der Waals surface area contributed by atoms with E-state index in [1.165, 1.54) is 25.9 Å². The van der Waals surface area contributed by atoms with Crippen molar-refractivity contribution in [2.24, 2.45) is 0 Å². The van der Waals surface area contributed by atoms with Gasteiger partial charge in [-0.15, -0.1) is 0 Å². The summed E-state index contributed by atoms with van der Waals surface area (Å²) in [4.78, 5) is 13.0. The highest BCUT2D eigenvalue weighted by atomic mass is 15.2. The Morgan fingerprint density at radius 1 is 1.35 bits per heavy atom. The van der Waals surface area contributed by atoms with E-state index < -0.39 is 0 Å². The van der Waals surface area contributed by atoms with Crippen molar-refractivity contribution in [1.29, 1.82) is 0 Å². The first-order valence-corrected chi connectivity index (χ1v) is 6.20. The molecule has 1 aliphatic heterocycles. The number of rotatable bonds is 4. The average molecular weight is 235 g/mol. The van der Waals surface area contributed by atoms with E-state index in [0.717, 1.165) is 24.6 Å². The van der Waals surface area contributed by atoms with Gasteiger partial charge in [0.2, 0.25) is 5.95 Å². The van der Waals surface area contributed by atoms with Crippen molar-refractivity contribution in [3.63, 3.8) is 0 Å². The predicted molar refractivity (Wildman–Crippen MR) is 70.1 cm³/mol. The number of likely N-dealkylation sites (tertiary alicyclic amines) is 1. The number of nitrogens with zero attached hydrogens (tertiary/aromatic N) is 4. The number of hydrogen-bond acceptors (Lipinski definition) is 5. The first-order valence-electron chi connectivity index (χ1n) is 6.20. The number of likely N-dealkylation sites (N-methyl/N-ethyl adjacent to an activating group) is 1. The summed E-state index contributed by atoms with van der Waals surface area (Å²) in [6, 6.07) is 1.97. The third kappa shape index (κ3) is 3.30. The zero-order valence-corrected chi connectivity index (χ0v) is 10.7. The lowest BCUT2D eigenvalue weighted by Crippen LogP contribution is -2.32. The zero-order valence-electron chi connectivity index (χ0n) is 10.7. The summed E-state index contributed by atoms with van der Waals surface area (Å²) in [5.74, 6) is 1.27. The van der Waals surface area contributed by atoms with E-state index in [4.69, 9.17) is 5.73 Å². The van der Waals surface area contributed by atoms with E-state index in [1.54, 1.807) is 0 Å². The molecule has 2 heterocycles. The summed E-state index contributed by atoms with van der Waals surface area (Å²) in [6.45, 7) is 6.49. The normalized spacial score (nSPS) is 16.4. The maximum atomic E-state index is 5.66. The van der Waals surface area contributed by atoms with Crippen LogP contribution in [0.2, 0.25) is 0 Å². The first-order chi connectivity index (χ1) is 8.15. The molecular formula is C12H21N5. The second-order valence-electron chi connectivity index (χ2n) is 4.70. The molecule has 0 atom stereocenters. The molecule has 1 fully saturated rings. The topological polar surface area (TPSA) is 58.3 Å². The molecule has 0 amide bonds. The molecule has 0 saturated carbocycles. The maximum absolute atomic E-state index is 5.66. The van der Waals surface area contributed by atoms with Gasteiger partial charge in [0.1, 0.15) is 5.82 Å². The van der Waals surface area contributed by atoms with Crippen LogP contribution in [0, 0.1) is 6.92 Å². The molecule has 5 nitrogen and oxygen atoms in total. The van der Waals surface area contributed by atoms with Crippen molar-refractivity contribution in [2.75, 3.05) is 43.9 Å². The summed E-state index contributed by atoms with van der Waals surface area (Å²) < 4.78 is 0. The van der Waals surface area contributed by atoms with E-state index in [2.05, 4.69) is 26.8 Å². The molecule has 0 bridgehead atoms. The van der Waals surface area contributed by atoms with Gasteiger partial charge in [-0.05, 0) is 32.9 Å². The maximum Gasteiger partial charge on any atom is 0.222 e. The summed E-state index contributed by atoms with van der Waals surface area (Å²) in [6.07, 6.45) is 2.67. The van der Waals surface area contributed by atoms with Crippen LogP contribution in [-0.2, 0) is 0 Å². The predicted octanol–water partition coefficient (Wildman–Crippen LogP) is 0.899. The standard InChI is InChI=1S/C12H21N5/c1-10-9-11(15-12(13)14-10)16(2)7-8-17-5-3-4-6-17/h9H,3-8H2,1-2H3,(H2,13,14,15). The van der Waals surface area contributed by atoms with Gasteiger partial charge in [0.15, 0.2) is 0 Å². The summed E-state index contributed by atoms with van der Waals surface area (Å²) in [5.41, 5.74) is 6.57. The Balaban J connectivity index is 1.91. The van der Waals surface area contributed by atoms with Crippen molar-refractivity contribution in [3.05, 3.63) is 11.8 Å². The molecule has 2 N–H and O–H groups in total. The Morgan fingerprint density at radius 2 is 2.06 bits per heavy atom. The van der Waals surface area contributed by atoms with E-state index in [-0.39, 0.29) is 0 Å². The molecule has 0 aliphatic carbocycles. The number of anilines is 2. The highest BCUT2D eigenvalue weighted by Crippen LogP contribution is 2.12. The van der Waals surface area contributed by atoms with Crippen LogP contribution < -0.4 is 10.6 Å². The lowest BCUT2D eigenvalue weighted by molar-refractivity contribution is 0.346. The van der Waals surface area contributed by atoms with E-state index >= 15 is 0 Å². The van der Waals surface area contributed by atoms with Crippen LogP contribution in [0.1, 0.15) is 18.5 Å². The molecule has 1 aliphatic rings. The van der Waals surface area contributed by atoms with E-state index in [0.29, 0.717) is 5.95 Å². The molecular weight excluding hydrogens is 214 g/mol.